The van der Waals surface area contributed by atoms with Crippen LogP contribution in [0.2, 0.25) is 0 Å². The lowest BCUT2D eigenvalue weighted by Crippen LogP contribution is -2.19. The van der Waals surface area contributed by atoms with Gasteiger partial charge in [-0.2, -0.15) is 0 Å². The lowest BCUT2D eigenvalue weighted by atomic mass is 9.87. The van der Waals surface area contributed by atoms with E-state index in [4.69, 9.17) is 4.74 Å². The molecule has 3 aromatic rings. The third kappa shape index (κ3) is 3.71. The number of benzene rings is 3. The van der Waals surface area contributed by atoms with Crippen molar-refractivity contribution < 1.29 is 18.9 Å². The molecule has 0 spiro atoms. The van der Waals surface area contributed by atoms with Gasteiger partial charge in [-0.3, -0.25) is 14.2 Å². The number of methoxy groups -OCH3 is 1. The predicted octanol–water partition coefficient (Wildman–Crippen LogP) is 5.31. The Morgan fingerprint density at radius 3 is 1.60 bits per heavy atom. The SMILES string of the molecule is COc1c(P=O)ccc(C(=O)c2c(C)cccc2C)c1C(=O)c1c(C)cccc1C. The van der Waals surface area contributed by atoms with Gasteiger partial charge in [-0.05, 0) is 62.1 Å². The van der Waals surface area contributed by atoms with E-state index in [9.17, 15) is 14.2 Å². The van der Waals surface area contributed by atoms with Gasteiger partial charge in [0.05, 0.1) is 18.0 Å². The quantitative estimate of drug-likeness (QED) is 0.402. The Morgan fingerprint density at radius 1 is 0.700 bits per heavy atom. The fourth-order valence-electron chi connectivity index (χ4n) is 3.87. The molecule has 0 radical (unpaired) electrons. The second kappa shape index (κ2) is 8.73. The summed E-state index contributed by atoms with van der Waals surface area (Å²) in [5, 5.41) is 0.324. The zero-order chi connectivity index (χ0) is 22.0. The van der Waals surface area contributed by atoms with Gasteiger partial charge in [0.25, 0.3) is 0 Å². The van der Waals surface area contributed by atoms with Gasteiger partial charge in [0.1, 0.15) is 5.75 Å². The van der Waals surface area contributed by atoms with Crippen LogP contribution in [0.3, 0.4) is 0 Å². The smallest absolute Gasteiger partial charge is 0.198 e. The first-order valence-corrected chi connectivity index (χ1v) is 10.4. The lowest BCUT2D eigenvalue weighted by molar-refractivity contribution is 0.0999. The molecular formula is C25H23O4P. The monoisotopic (exact) mass is 418 g/mol. The highest BCUT2D eigenvalue weighted by atomic mass is 31.1. The van der Waals surface area contributed by atoms with Crippen LogP contribution in [0.1, 0.15) is 54.1 Å². The second-order valence-corrected chi connectivity index (χ2v) is 7.99. The van der Waals surface area contributed by atoms with E-state index < -0.39 is 0 Å². The lowest BCUT2D eigenvalue weighted by Gasteiger charge is -2.17. The Labute approximate surface area is 178 Å². The summed E-state index contributed by atoms with van der Waals surface area (Å²) in [4.78, 5) is 27.3. The van der Waals surface area contributed by atoms with E-state index in [1.807, 2.05) is 64.1 Å². The number of ether oxygens (including phenoxy) is 1. The van der Waals surface area contributed by atoms with Gasteiger partial charge in [0, 0.05) is 16.7 Å². The average Bonchev–Trinajstić information content (AvgIpc) is 2.72. The van der Waals surface area contributed by atoms with Crippen LogP contribution in [-0.4, -0.2) is 18.7 Å². The molecule has 0 aromatic heterocycles. The molecule has 0 aliphatic carbocycles. The number of ketones is 2. The minimum atomic E-state index is -0.317. The van der Waals surface area contributed by atoms with Crippen LogP contribution in [0.4, 0.5) is 0 Å². The van der Waals surface area contributed by atoms with Crippen molar-refractivity contribution in [3.63, 3.8) is 0 Å². The van der Waals surface area contributed by atoms with E-state index in [2.05, 4.69) is 0 Å². The Hall–Kier alpha value is -3.10. The van der Waals surface area contributed by atoms with Crippen LogP contribution in [0.15, 0.2) is 48.5 Å². The molecule has 0 amide bonds. The van der Waals surface area contributed by atoms with Crippen molar-refractivity contribution in [2.45, 2.75) is 27.7 Å². The first-order chi connectivity index (χ1) is 14.3. The molecule has 0 saturated carbocycles. The highest BCUT2D eigenvalue weighted by Gasteiger charge is 2.28. The van der Waals surface area contributed by atoms with Gasteiger partial charge >= 0.3 is 0 Å². The van der Waals surface area contributed by atoms with Crippen molar-refractivity contribution in [2.75, 3.05) is 7.11 Å². The maximum absolute atomic E-state index is 13.7. The predicted molar refractivity (Wildman–Crippen MR) is 119 cm³/mol. The highest BCUT2D eigenvalue weighted by Crippen LogP contribution is 2.31. The van der Waals surface area contributed by atoms with Crippen LogP contribution in [0, 0.1) is 27.7 Å². The van der Waals surface area contributed by atoms with Crippen molar-refractivity contribution in [1.82, 2.24) is 0 Å². The standard InChI is InChI=1S/C25H23O4P/c1-14-8-6-9-15(2)20(14)23(26)18-12-13-19(30-28)25(29-5)22(18)24(27)21-16(3)10-7-11-17(21)4/h6-13H,1-5H3. The molecular weight excluding hydrogens is 395 g/mol. The van der Waals surface area contributed by atoms with E-state index in [0.29, 0.717) is 16.4 Å². The van der Waals surface area contributed by atoms with Crippen molar-refractivity contribution in [2.24, 2.45) is 0 Å². The fourth-order valence-corrected chi connectivity index (χ4v) is 4.29. The van der Waals surface area contributed by atoms with Gasteiger partial charge in [-0.15, -0.1) is 0 Å². The summed E-state index contributed by atoms with van der Waals surface area (Å²) in [6, 6.07) is 14.4. The van der Waals surface area contributed by atoms with E-state index in [0.717, 1.165) is 22.3 Å². The minimum absolute atomic E-state index is 0.142. The maximum Gasteiger partial charge on any atom is 0.198 e. The molecule has 0 unspecified atom stereocenters. The van der Waals surface area contributed by atoms with Gasteiger partial charge in [-0.1, -0.05) is 36.4 Å². The summed E-state index contributed by atoms with van der Waals surface area (Å²) in [6.45, 7) is 7.45. The summed E-state index contributed by atoms with van der Waals surface area (Å²) in [5.41, 5.74) is 4.72. The Kier molecular flexibility index (Phi) is 6.28. The number of hydrogen-bond acceptors (Lipinski definition) is 4. The van der Waals surface area contributed by atoms with Crippen LogP contribution in [0.5, 0.6) is 5.75 Å². The summed E-state index contributed by atoms with van der Waals surface area (Å²) in [7, 11) is 1.13. The van der Waals surface area contributed by atoms with Gasteiger partial charge in [0.2, 0.25) is 0 Å². The van der Waals surface area contributed by atoms with Crippen LogP contribution in [-0.2, 0) is 4.57 Å². The van der Waals surface area contributed by atoms with E-state index in [1.165, 1.54) is 7.11 Å². The molecule has 152 valence electrons. The summed E-state index contributed by atoms with van der Waals surface area (Å²) in [5.74, 6) is -0.411. The minimum Gasteiger partial charge on any atom is -0.495 e. The molecule has 0 saturated heterocycles. The number of aryl methyl sites for hydroxylation is 4. The van der Waals surface area contributed by atoms with Gasteiger partial charge < -0.3 is 4.74 Å². The normalized spacial score (nSPS) is 10.8. The van der Waals surface area contributed by atoms with Crippen molar-refractivity contribution >= 4 is 25.3 Å². The topological polar surface area (TPSA) is 60.4 Å². The average molecular weight is 418 g/mol. The molecule has 0 N–H and O–H groups in total. The van der Waals surface area contributed by atoms with Gasteiger partial charge in [-0.25, -0.2) is 0 Å². The van der Waals surface area contributed by atoms with Gasteiger partial charge in [0.15, 0.2) is 20.0 Å². The van der Waals surface area contributed by atoms with Crippen LogP contribution >= 0.6 is 8.46 Å². The first-order valence-electron chi connectivity index (χ1n) is 9.58. The molecule has 0 aliphatic rings. The summed E-state index contributed by atoms with van der Waals surface area (Å²) in [6.07, 6.45) is 0. The first kappa shape index (κ1) is 21.6. The molecule has 0 bridgehead atoms. The van der Waals surface area contributed by atoms with Crippen LogP contribution in [0.25, 0.3) is 0 Å². The summed E-state index contributed by atoms with van der Waals surface area (Å²) < 4.78 is 17.2. The number of carbonyl (C=O) groups is 2. The number of hydrogen-bond donors (Lipinski definition) is 0. The van der Waals surface area contributed by atoms with Crippen molar-refractivity contribution in [1.29, 1.82) is 0 Å². The molecule has 0 heterocycles. The van der Waals surface area contributed by atoms with E-state index in [-0.39, 0.29) is 36.9 Å². The molecule has 0 fully saturated rings. The molecule has 3 rings (SSSR count). The van der Waals surface area contributed by atoms with Crippen molar-refractivity contribution in [3.05, 3.63) is 93.0 Å². The zero-order valence-corrected chi connectivity index (χ0v) is 18.6. The number of rotatable bonds is 6. The van der Waals surface area contributed by atoms with E-state index >= 15 is 0 Å². The van der Waals surface area contributed by atoms with Crippen LogP contribution < -0.4 is 10.0 Å². The largest absolute Gasteiger partial charge is 0.495 e. The maximum atomic E-state index is 13.7. The molecule has 4 nitrogen and oxygen atoms in total. The van der Waals surface area contributed by atoms with Crippen molar-refractivity contribution in [3.8, 4) is 5.75 Å². The Bertz CT molecular complexity index is 1140. The fraction of sp³-hybridized carbons (Fsp3) is 0.200. The third-order valence-corrected chi connectivity index (χ3v) is 5.88. The highest BCUT2D eigenvalue weighted by molar-refractivity contribution is 7.34. The molecule has 5 heteroatoms. The number of carbonyl (C=O) groups excluding carboxylic acids is 2. The molecule has 3 aromatic carbocycles. The zero-order valence-electron chi connectivity index (χ0n) is 17.7. The Balaban J connectivity index is 2.34. The summed E-state index contributed by atoms with van der Waals surface area (Å²) >= 11 is 0. The second-order valence-electron chi connectivity index (χ2n) is 7.32. The molecule has 0 atom stereocenters. The third-order valence-electron chi connectivity index (χ3n) is 5.33. The van der Waals surface area contributed by atoms with E-state index in [1.54, 1.807) is 12.1 Å². The molecule has 30 heavy (non-hydrogen) atoms. The molecule has 0 aliphatic heterocycles. The Morgan fingerprint density at radius 2 is 1.17 bits per heavy atom.